The fourth-order valence-corrected chi connectivity index (χ4v) is 3.89. The molecule has 7 heteroatoms. The highest BCUT2D eigenvalue weighted by Gasteiger charge is 2.47. The fraction of sp³-hybridized carbons (Fsp3) is 0.600. The SMILES string of the molecule is COc1cccc(CN2CCC[C@@](O)(CN3CCNC(=O)C3(C)C)C2=O)c1. The van der Waals surface area contributed by atoms with E-state index in [1.165, 1.54) is 0 Å². The molecule has 0 radical (unpaired) electrons. The first kappa shape index (κ1) is 19.6. The minimum absolute atomic E-state index is 0.0751. The summed E-state index contributed by atoms with van der Waals surface area (Å²) in [6.45, 7) is 6.01. The smallest absolute Gasteiger partial charge is 0.256 e. The Morgan fingerprint density at radius 1 is 1.26 bits per heavy atom. The van der Waals surface area contributed by atoms with E-state index >= 15 is 0 Å². The fourth-order valence-electron chi connectivity index (χ4n) is 3.89. The molecule has 2 aliphatic heterocycles. The van der Waals surface area contributed by atoms with Crippen molar-refractivity contribution in [2.24, 2.45) is 0 Å². The predicted molar refractivity (Wildman–Crippen MR) is 101 cm³/mol. The van der Waals surface area contributed by atoms with Crippen LogP contribution in [0.5, 0.6) is 5.75 Å². The van der Waals surface area contributed by atoms with Gasteiger partial charge in [0.25, 0.3) is 5.91 Å². The number of hydrogen-bond donors (Lipinski definition) is 2. The number of piperazine rings is 1. The van der Waals surface area contributed by atoms with E-state index in [-0.39, 0.29) is 18.4 Å². The second kappa shape index (κ2) is 7.48. The molecule has 0 aliphatic carbocycles. The number of carbonyl (C=O) groups is 2. The highest BCUT2D eigenvalue weighted by atomic mass is 16.5. The van der Waals surface area contributed by atoms with Gasteiger partial charge in [0.2, 0.25) is 5.91 Å². The lowest BCUT2D eigenvalue weighted by Crippen LogP contribution is -2.67. The van der Waals surface area contributed by atoms with Crippen LogP contribution in [0.15, 0.2) is 24.3 Å². The van der Waals surface area contributed by atoms with E-state index in [4.69, 9.17) is 4.74 Å². The molecular formula is C20H29N3O4. The Balaban J connectivity index is 1.74. The van der Waals surface area contributed by atoms with Crippen LogP contribution >= 0.6 is 0 Å². The number of ether oxygens (including phenoxy) is 1. The third-order valence-electron chi connectivity index (χ3n) is 5.68. The van der Waals surface area contributed by atoms with Crippen molar-refractivity contribution in [3.63, 3.8) is 0 Å². The summed E-state index contributed by atoms with van der Waals surface area (Å²) in [6, 6.07) is 7.60. The summed E-state index contributed by atoms with van der Waals surface area (Å²) < 4.78 is 5.25. The topological polar surface area (TPSA) is 82.1 Å². The Kier molecular flexibility index (Phi) is 5.44. The van der Waals surface area contributed by atoms with E-state index in [0.717, 1.165) is 17.7 Å². The number of likely N-dealkylation sites (tertiary alicyclic amines) is 1. The number of hydrogen-bond acceptors (Lipinski definition) is 5. The molecule has 2 aliphatic rings. The van der Waals surface area contributed by atoms with Crippen molar-refractivity contribution in [2.45, 2.75) is 44.4 Å². The van der Waals surface area contributed by atoms with Gasteiger partial charge in [-0.15, -0.1) is 0 Å². The highest BCUT2D eigenvalue weighted by molar-refractivity contribution is 5.88. The first-order chi connectivity index (χ1) is 12.8. The van der Waals surface area contributed by atoms with Crippen molar-refractivity contribution < 1.29 is 19.4 Å². The summed E-state index contributed by atoms with van der Waals surface area (Å²) in [7, 11) is 1.61. The summed E-state index contributed by atoms with van der Waals surface area (Å²) in [4.78, 5) is 28.9. The number of rotatable bonds is 5. The van der Waals surface area contributed by atoms with Gasteiger partial charge in [0.1, 0.15) is 5.75 Å². The number of methoxy groups -OCH3 is 1. The lowest BCUT2D eigenvalue weighted by Gasteiger charge is -2.46. The molecule has 1 atom stereocenters. The molecule has 27 heavy (non-hydrogen) atoms. The number of nitrogens with zero attached hydrogens (tertiary/aromatic N) is 2. The summed E-state index contributed by atoms with van der Waals surface area (Å²) >= 11 is 0. The zero-order valence-electron chi connectivity index (χ0n) is 16.3. The average Bonchev–Trinajstić information content (AvgIpc) is 2.64. The molecule has 2 saturated heterocycles. The van der Waals surface area contributed by atoms with E-state index in [9.17, 15) is 14.7 Å². The maximum Gasteiger partial charge on any atom is 0.256 e. The van der Waals surface area contributed by atoms with Gasteiger partial charge in [-0.05, 0) is 44.4 Å². The molecule has 3 rings (SSSR count). The third-order valence-corrected chi connectivity index (χ3v) is 5.68. The van der Waals surface area contributed by atoms with Crippen LogP contribution in [-0.2, 0) is 16.1 Å². The first-order valence-corrected chi connectivity index (χ1v) is 9.44. The normalized spacial score (nSPS) is 26.0. The van der Waals surface area contributed by atoms with E-state index in [1.807, 2.05) is 43.0 Å². The molecular weight excluding hydrogens is 346 g/mol. The number of β-amino-alcohol motifs (C(OH)–C–C–N with tert-alkyl or cyclic N) is 1. The van der Waals surface area contributed by atoms with Crippen LogP contribution in [0.4, 0.5) is 0 Å². The second-order valence-electron chi connectivity index (χ2n) is 7.95. The van der Waals surface area contributed by atoms with Crippen molar-refractivity contribution in [3.05, 3.63) is 29.8 Å². The number of piperidine rings is 1. The zero-order chi connectivity index (χ0) is 19.7. The zero-order valence-corrected chi connectivity index (χ0v) is 16.3. The molecule has 0 aromatic heterocycles. The van der Waals surface area contributed by atoms with Crippen molar-refractivity contribution in [3.8, 4) is 5.75 Å². The summed E-state index contributed by atoms with van der Waals surface area (Å²) in [5.74, 6) is 0.403. The molecule has 7 nitrogen and oxygen atoms in total. The summed E-state index contributed by atoms with van der Waals surface area (Å²) in [5, 5.41) is 14.0. The van der Waals surface area contributed by atoms with Crippen molar-refractivity contribution in [2.75, 3.05) is 33.3 Å². The maximum absolute atomic E-state index is 13.1. The Morgan fingerprint density at radius 3 is 2.78 bits per heavy atom. The molecule has 0 saturated carbocycles. The summed E-state index contributed by atoms with van der Waals surface area (Å²) in [5.41, 5.74) is -1.25. The van der Waals surface area contributed by atoms with Gasteiger partial charge < -0.3 is 20.1 Å². The molecule has 0 bridgehead atoms. The Bertz CT molecular complexity index is 721. The molecule has 0 unspecified atom stereocenters. The summed E-state index contributed by atoms with van der Waals surface area (Å²) in [6.07, 6.45) is 1.14. The van der Waals surface area contributed by atoms with Crippen molar-refractivity contribution >= 4 is 11.8 Å². The number of aliphatic hydroxyl groups is 1. The number of benzene rings is 1. The van der Waals surface area contributed by atoms with Crippen molar-refractivity contribution in [1.29, 1.82) is 0 Å². The van der Waals surface area contributed by atoms with Gasteiger partial charge in [0.05, 0.1) is 12.6 Å². The van der Waals surface area contributed by atoms with Crippen LogP contribution in [0, 0.1) is 0 Å². The highest BCUT2D eigenvalue weighted by Crippen LogP contribution is 2.29. The van der Waals surface area contributed by atoms with Gasteiger partial charge in [0, 0.05) is 32.7 Å². The van der Waals surface area contributed by atoms with E-state index < -0.39 is 11.1 Å². The molecule has 1 aromatic carbocycles. The molecule has 2 amide bonds. The van der Waals surface area contributed by atoms with E-state index in [2.05, 4.69) is 5.32 Å². The number of nitrogens with one attached hydrogen (secondary N) is 1. The molecule has 148 valence electrons. The van der Waals surface area contributed by atoms with Crippen LogP contribution in [-0.4, -0.2) is 71.1 Å². The Hall–Kier alpha value is -2.12. The molecule has 2 heterocycles. The van der Waals surface area contributed by atoms with Gasteiger partial charge in [-0.1, -0.05) is 12.1 Å². The van der Waals surface area contributed by atoms with Gasteiger partial charge in [0.15, 0.2) is 5.60 Å². The van der Waals surface area contributed by atoms with Crippen molar-refractivity contribution in [1.82, 2.24) is 15.1 Å². The van der Waals surface area contributed by atoms with Crippen LogP contribution in [0.25, 0.3) is 0 Å². The monoisotopic (exact) mass is 375 g/mol. The number of carbonyl (C=O) groups excluding carboxylic acids is 2. The van der Waals surface area contributed by atoms with Gasteiger partial charge in [-0.2, -0.15) is 0 Å². The average molecular weight is 375 g/mol. The van der Waals surface area contributed by atoms with Gasteiger partial charge in [-0.25, -0.2) is 0 Å². The van der Waals surface area contributed by atoms with Crippen LogP contribution in [0.3, 0.4) is 0 Å². The van der Waals surface area contributed by atoms with Gasteiger partial charge in [-0.3, -0.25) is 14.5 Å². The van der Waals surface area contributed by atoms with E-state index in [1.54, 1.807) is 12.0 Å². The minimum atomic E-state index is -1.47. The molecule has 1 aromatic rings. The largest absolute Gasteiger partial charge is 0.497 e. The Morgan fingerprint density at radius 2 is 2.04 bits per heavy atom. The first-order valence-electron chi connectivity index (χ1n) is 9.44. The lowest BCUT2D eigenvalue weighted by atomic mass is 9.88. The standard InChI is InChI=1S/C20H29N3O4/c1-19(2)17(24)21-9-11-23(19)14-20(26)8-5-10-22(18(20)25)13-15-6-4-7-16(12-15)27-3/h4,6-7,12,26H,5,8-11,13-14H2,1-3H3,(H,21,24)/t20-/m1/s1. The van der Waals surface area contributed by atoms with Crippen LogP contribution < -0.4 is 10.1 Å². The lowest BCUT2D eigenvalue weighted by molar-refractivity contribution is -0.164. The van der Waals surface area contributed by atoms with Gasteiger partial charge >= 0.3 is 0 Å². The number of amides is 2. The van der Waals surface area contributed by atoms with E-state index in [0.29, 0.717) is 32.6 Å². The Labute approximate surface area is 160 Å². The maximum atomic E-state index is 13.1. The molecule has 2 N–H and O–H groups in total. The predicted octanol–water partition coefficient (Wildman–Crippen LogP) is 0.759. The van der Waals surface area contributed by atoms with Crippen LogP contribution in [0.1, 0.15) is 32.3 Å². The molecule has 0 spiro atoms. The minimum Gasteiger partial charge on any atom is -0.497 e. The quantitative estimate of drug-likeness (QED) is 0.794. The molecule has 2 fully saturated rings. The van der Waals surface area contributed by atoms with Crippen LogP contribution in [0.2, 0.25) is 0 Å². The third kappa shape index (κ3) is 3.94. The second-order valence-corrected chi connectivity index (χ2v) is 7.95.